The van der Waals surface area contributed by atoms with Crippen molar-refractivity contribution in [3.63, 3.8) is 0 Å². The van der Waals surface area contributed by atoms with Crippen LogP contribution >= 0.6 is 0 Å². The molecule has 0 spiro atoms. The van der Waals surface area contributed by atoms with E-state index in [0.717, 1.165) is 48.1 Å². The molecule has 31 heavy (non-hydrogen) atoms. The number of fused-ring (bicyclic) bond motifs is 1. The second-order valence-corrected chi connectivity index (χ2v) is 9.18. The van der Waals surface area contributed by atoms with Crippen LogP contribution in [-0.4, -0.2) is 37.4 Å². The number of carbonyl (C=O) groups excluding carboxylic acids is 2. The average molecular weight is 421 g/mol. The summed E-state index contributed by atoms with van der Waals surface area (Å²) in [6.45, 7) is 2.28. The first-order valence-electron chi connectivity index (χ1n) is 11.3. The number of aryl methyl sites for hydroxylation is 1. The predicted molar refractivity (Wildman–Crippen MR) is 122 cm³/mol. The second kappa shape index (κ2) is 8.83. The van der Waals surface area contributed by atoms with Crippen LogP contribution in [0.4, 0.5) is 5.69 Å². The summed E-state index contributed by atoms with van der Waals surface area (Å²) in [7, 11) is 3.66. The third kappa shape index (κ3) is 3.99. The summed E-state index contributed by atoms with van der Waals surface area (Å²) < 4.78 is 5.48. The van der Waals surface area contributed by atoms with Crippen LogP contribution in [0.3, 0.4) is 0 Å². The van der Waals surface area contributed by atoms with E-state index in [2.05, 4.69) is 30.4 Å². The molecule has 1 aliphatic heterocycles. The van der Waals surface area contributed by atoms with Gasteiger partial charge in [-0.25, -0.2) is 0 Å². The molecule has 0 radical (unpaired) electrons. The summed E-state index contributed by atoms with van der Waals surface area (Å²) in [5.41, 5.74) is 3.42. The van der Waals surface area contributed by atoms with Crippen molar-refractivity contribution >= 4 is 17.6 Å². The van der Waals surface area contributed by atoms with Crippen LogP contribution in [0.1, 0.15) is 55.2 Å². The minimum Gasteiger partial charge on any atom is -0.426 e. The normalized spacial score (nSPS) is 21.5. The minimum atomic E-state index is -0.697. The molecule has 2 aromatic rings. The molecule has 164 valence electrons. The lowest BCUT2D eigenvalue weighted by molar-refractivity contribution is -0.135. The third-order valence-electron chi connectivity index (χ3n) is 6.75. The van der Waals surface area contributed by atoms with Crippen molar-refractivity contribution in [1.29, 1.82) is 0 Å². The van der Waals surface area contributed by atoms with Crippen LogP contribution in [0.2, 0.25) is 0 Å². The molecule has 1 N–H and O–H groups in total. The van der Waals surface area contributed by atoms with Crippen LogP contribution in [0.15, 0.2) is 42.5 Å². The Kier molecular flexibility index (Phi) is 6.15. The molecule has 5 heteroatoms. The first kappa shape index (κ1) is 21.6. The number of hydrogen-bond acceptors (Lipinski definition) is 4. The van der Waals surface area contributed by atoms with Crippen molar-refractivity contribution in [2.75, 3.05) is 26.0 Å². The average Bonchev–Trinajstić information content (AvgIpc) is 2.87. The monoisotopic (exact) mass is 420 g/mol. The van der Waals surface area contributed by atoms with E-state index in [4.69, 9.17) is 4.74 Å². The highest BCUT2D eigenvalue weighted by atomic mass is 16.5. The Labute approximate surface area is 184 Å². The summed E-state index contributed by atoms with van der Waals surface area (Å²) in [6, 6.07) is 13.8. The summed E-state index contributed by atoms with van der Waals surface area (Å²) in [5, 5.41) is 3.21. The fourth-order valence-corrected chi connectivity index (χ4v) is 5.34. The van der Waals surface area contributed by atoms with Gasteiger partial charge in [0.1, 0.15) is 11.2 Å². The number of likely N-dealkylation sites (N-methyl/N-ethyl adjacent to an activating group) is 1. The van der Waals surface area contributed by atoms with Gasteiger partial charge in [-0.1, -0.05) is 56.0 Å². The van der Waals surface area contributed by atoms with Crippen molar-refractivity contribution < 1.29 is 14.3 Å². The van der Waals surface area contributed by atoms with Crippen molar-refractivity contribution in [3.8, 4) is 5.75 Å². The molecule has 0 bridgehead atoms. The summed E-state index contributed by atoms with van der Waals surface area (Å²) >= 11 is 0. The van der Waals surface area contributed by atoms with Crippen molar-refractivity contribution in [2.45, 2.75) is 50.9 Å². The third-order valence-corrected chi connectivity index (χ3v) is 6.75. The fraction of sp³-hybridized carbons (Fsp3) is 0.462. The molecule has 0 aromatic heterocycles. The number of nitrogens with zero attached hydrogens (tertiary/aromatic N) is 1. The lowest BCUT2D eigenvalue weighted by Gasteiger charge is -2.36. The van der Waals surface area contributed by atoms with E-state index >= 15 is 0 Å². The highest BCUT2D eigenvalue weighted by Crippen LogP contribution is 2.52. The molecule has 1 unspecified atom stereocenters. The number of ether oxygens (including phenoxy) is 1. The molecule has 0 saturated heterocycles. The molecule has 2 aliphatic rings. The Morgan fingerprint density at radius 1 is 1.06 bits per heavy atom. The largest absolute Gasteiger partial charge is 0.426 e. The molecule has 2 aromatic carbocycles. The van der Waals surface area contributed by atoms with Crippen molar-refractivity contribution in [3.05, 3.63) is 59.2 Å². The number of carbonyl (C=O) groups is 2. The number of hydrogen-bond donors (Lipinski definition) is 1. The first-order valence-corrected chi connectivity index (χ1v) is 11.3. The topological polar surface area (TPSA) is 58.6 Å². The van der Waals surface area contributed by atoms with E-state index in [1.54, 1.807) is 4.90 Å². The SMILES string of the molecule is Cc1cccc2c1NC(=O)C2(c1ccc(OC(=O)CN(C)C)cc1)C1CCCCCC1. The second-order valence-electron chi connectivity index (χ2n) is 9.18. The van der Waals surface area contributed by atoms with Gasteiger partial charge >= 0.3 is 5.97 Å². The van der Waals surface area contributed by atoms with E-state index in [9.17, 15) is 9.59 Å². The number of nitrogens with one attached hydrogen (secondary N) is 1. The summed E-state index contributed by atoms with van der Waals surface area (Å²) in [5.74, 6) is 0.534. The molecule has 1 heterocycles. The van der Waals surface area contributed by atoms with E-state index in [0.29, 0.717) is 5.75 Å². The van der Waals surface area contributed by atoms with Gasteiger partial charge in [-0.3, -0.25) is 14.5 Å². The highest BCUT2D eigenvalue weighted by molar-refractivity contribution is 6.09. The van der Waals surface area contributed by atoms with Gasteiger partial charge in [0.15, 0.2) is 0 Å². The summed E-state index contributed by atoms with van der Waals surface area (Å²) in [4.78, 5) is 27.5. The summed E-state index contributed by atoms with van der Waals surface area (Å²) in [6.07, 6.45) is 6.86. The van der Waals surface area contributed by atoms with Gasteiger partial charge < -0.3 is 10.1 Å². The van der Waals surface area contributed by atoms with Crippen molar-refractivity contribution in [1.82, 2.24) is 4.90 Å². The maximum Gasteiger partial charge on any atom is 0.325 e. The molecular formula is C26H32N2O3. The first-order chi connectivity index (χ1) is 14.9. The Morgan fingerprint density at radius 3 is 2.39 bits per heavy atom. The Morgan fingerprint density at radius 2 is 1.74 bits per heavy atom. The number of esters is 1. The van der Waals surface area contributed by atoms with Crippen LogP contribution in [-0.2, 0) is 15.0 Å². The van der Waals surface area contributed by atoms with E-state index in [-0.39, 0.29) is 24.3 Å². The molecule has 1 saturated carbocycles. The van der Waals surface area contributed by atoms with Crippen LogP contribution in [0.5, 0.6) is 5.75 Å². The predicted octanol–water partition coefficient (Wildman–Crippen LogP) is 4.67. The van der Waals surface area contributed by atoms with E-state index in [1.165, 1.54) is 12.8 Å². The van der Waals surface area contributed by atoms with E-state index in [1.807, 2.05) is 38.4 Å². The zero-order valence-electron chi connectivity index (χ0n) is 18.7. The molecule has 1 atom stereocenters. The van der Waals surface area contributed by atoms with Gasteiger partial charge in [-0.05, 0) is 68.6 Å². The lowest BCUT2D eigenvalue weighted by atomic mass is 9.64. The number of rotatable bonds is 5. The minimum absolute atomic E-state index is 0.0704. The maximum absolute atomic E-state index is 13.7. The quantitative estimate of drug-likeness (QED) is 0.434. The maximum atomic E-state index is 13.7. The number of para-hydroxylation sites is 1. The zero-order valence-corrected chi connectivity index (χ0v) is 18.7. The van der Waals surface area contributed by atoms with Crippen LogP contribution in [0.25, 0.3) is 0 Å². The van der Waals surface area contributed by atoms with Crippen molar-refractivity contribution in [2.24, 2.45) is 5.92 Å². The number of anilines is 1. The van der Waals surface area contributed by atoms with Crippen LogP contribution < -0.4 is 10.1 Å². The molecule has 1 amide bonds. The van der Waals surface area contributed by atoms with Gasteiger partial charge in [0.2, 0.25) is 5.91 Å². The van der Waals surface area contributed by atoms with Gasteiger partial charge in [0.25, 0.3) is 0 Å². The zero-order chi connectivity index (χ0) is 22.0. The molecular weight excluding hydrogens is 388 g/mol. The Bertz CT molecular complexity index is 959. The lowest BCUT2D eigenvalue weighted by Crippen LogP contribution is -2.43. The highest BCUT2D eigenvalue weighted by Gasteiger charge is 2.53. The Balaban J connectivity index is 1.76. The standard InChI is InChI=1S/C26H32N2O3/c1-18-9-8-12-22-24(18)27-25(30)26(22,19-10-6-4-5-7-11-19)20-13-15-21(16-14-20)31-23(29)17-28(2)3/h8-9,12-16,19H,4-7,10-11,17H2,1-3H3,(H,27,30). The van der Waals surface area contributed by atoms with Gasteiger partial charge in [0, 0.05) is 5.69 Å². The van der Waals surface area contributed by atoms with Gasteiger partial charge in [-0.15, -0.1) is 0 Å². The van der Waals surface area contributed by atoms with Crippen LogP contribution in [0, 0.1) is 12.8 Å². The molecule has 1 fully saturated rings. The van der Waals surface area contributed by atoms with Gasteiger partial charge in [-0.2, -0.15) is 0 Å². The van der Waals surface area contributed by atoms with E-state index < -0.39 is 5.41 Å². The molecule has 4 rings (SSSR count). The molecule has 1 aliphatic carbocycles. The number of benzene rings is 2. The molecule has 5 nitrogen and oxygen atoms in total. The fourth-order valence-electron chi connectivity index (χ4n) is 5.34. The smallest absolute Gasteiger partial charge is 0.325 e. The Hall–Kier alpha value is -2.66. The van der Waals surface area contributed by atoms with Gasteiger partial charge in [0.05, 0.1) is 6.54 Å². The number of amides is 1.